The van der Waals surface area contributed by atoms with Crippen LogP contribution in [0.5, 0.6) is 0 Å². The number of benzene rings is 1. The molecule has 1 aromatic carbocycles. The summed E-state index contributed by atoms with van der Waals surface area (Å²) >= 11 is 0. The summed E-state index contributed by atoms with van der Waals surface area (Å²) in [5, 5.41) is 4.61. The van der Waals surface area contributed by atoms with Crippen LogP contribution >= 0.6 is 0 Å². The average molecular weight is 213 g/mol. The van der Waals surface area contributed by atoms with Crippen molar-refractivity contribution in [2.75, 3.05) is 5.73 Å². The zero-order valence-electron chi connectivity index (χ0n) is 9.35. The smallest absolute Gasteiger partial charge is 0.127 e. The first-order valence-corrected chi connectivity index (χ1v) is 5.60. The Morgan fingerprint density at radius 2 is 1.94 bits per heavy atom. The summed E-state index contributed by atoms with van der Waals surface area (Å²) in [6.07, 6.45) is 2.44. The molecule has 1 aromatic heterocycles. The van der Waals surface area contributed by atoms with Crippen molar-refractivity contribution in [2.24, 2.45) is 0 Å². The van der Waals surface area contributed by atoms with E-state index in [4.69, 9.17) is 5.73 Å². The maximum atomic E-state index is 6.00. The van der Waals surface area contributed by atoms with E-state index in [2.05, 4.69) is 12.0 Å². The molecule has 0 aliphatic heterocycles. The Labute approximate surface area is 94.9 Å². The van der Waals surface area contributed by atoms with Gasteiger partial charge in [0, 0.05) is 11.5 Å². The lowest BCUT2D eigenvalue weighted by Gasteiger charge is -2.04. The van der Waals surface area contributed by atoms with Crippen molar-refractivity contribution < 1.29 is 0 Å². The van der Waals surface area contributed by atoms with Crippen LogP contribution in [0.4, 0.5) is 5.82 Å². The minimum absolute atomic E-state index is 0.272. The van der Waals surface area contributed by atoms with Gasteiger partial charge in [0.1, 0.15) is 5.82 Å². The molecule has 0 bridgehead atoms. The van der Waals surface area contributed by atoms with Crippen molar-refractivity contribution in [1.82, 2.24) is 9.78 Å². The van der Waals surface area contributed by atoms with Crippen molar-refractivity contribution >= 4 is 5.82 Å². The fourth-order valence-electron chi connectivity index (χ4n) is 1.91. The van der Waals surface area contributed by atoms with Gasteiger partial charge >= 0.3 is 0 Å². The zero-order valence-corrected chi connectivity index (χ0v) is 9.35. The molecule has 2 aromatic rings. The molecule has 0 atom stereocenters. The summed E-state index contributed by atoms with van der Waals surface area (Å²) in [6, 6.07) is 12.0. The predicted octanol–water partition coefficient (Wildman–Crippen LogP) is 2.51. The highest BCUT2D eigenvalue weighted by Gasteiger charge is 2.41. The number of aromatic nitrogens is 2. The van der Waals surface area contributed by atoms with Gasteiger partial charge in [-0.05, 0) is 25.0 Å². The lowest BCUT2D eigenvalue weighted by Crippen LogP contribution is -2.04. The highest BCUT2D eigenvalue weighted by molar-refractivity contribution is 5.44. The number of hydrogen-bond acceptors (Lipinski definition) is 2. The largest absolute Gasteiger partial charge is 0.384 e. The maximum Gasteiger partial charge on any atom is 0.127 e. The second-order valence-corrected chi connectivity index (χ2v) is 4.76. The van der Waals surface area contributed by atoms with Crippen molar-refractivity contribution in [3.05, 3.63) is 42.1 Å². The molecule has 1 saturated carbocycles. The molecule has 3 rings (SSSR count). The van der Waals surface area contributed by atoms with Crippen LogP contribution in [0.3, 0.4) is 0 Å². The molecule has 1 aliphatic rings. The molecule has 1 fully saturated rings. The quantitative estimate of drug-likeness (QED) is 0.833. The van der Waals surface area contributed by atoms with Crippen LogP contribution in [0.25, 0.3) is 5.69 Å². The van der Waals surface area contributed by atoms with E-state index < -0.39 is 0 Å². The van der Waals surface area contributed by atoms with Crippen LogP contribution in [0.1, 0.15) is 25.5 Å². The van der Waals surface area contributed by atoms with E-state index in [-0.39, 0.29) is 5.41 Å². The summed E-state index contributed by atoms with van der Waals surface area (Å²) < 4.78 is 1.82. The molecule has 1 heterocycles. The summed E-state index contributed by atoms with van der Waals surface area (Å²) in [4.78, 5) is 0. The van der Waals surface area contributed by atoms with E-state index in [0.717, 1.165) is 11.4 Å². The Morgan fingerprint density at radius 3 is 2.56 bits per heavy atom. The number of rotatable bonds is 2. The Bertz CT molecular complexity index is 509. The molecule has 0 spiro atoms. The molecule has 3 nitrogen and oxygen atoms in total. The lowest BCUT2D eigenvalue weighted by atomic mass is 10.1. The Balaban J connectivity index is 2.06. The second-order valence-electron chi connectivity index (χ2n) is 4.76. The van der Waals surface area contributed by atoms with Gasteiger partial charge in [-0.1, -0.05) is 25.1 Å². The second kappa shape index (κ2) is 3.11. The van der Waals surface area contributed by atoms with Crippen LogP contribution in [0.2, 0.25) is 0 Å². The van der Waals surface area contributed by atoms with Gasteiger partial charge in [0.25, 0.3) is 0 Å². The number of nitrogen functional groups attached to an aromatic ring is 1. The fraction of sp³-hybridized carbons (Fsp3) is 0.308. The standard InChI is InChI=1S/C13H15N3/c1-13(7-8-13)11-9-12(14)16(15-11)10-5-3-2-4-6-10/h2-6,9H,7-8,14H2,1H3. The summed E-state index contributed by atoms with van der Waals surface area (Å²) in [5.41, 5.74) is 8.41. The molecule has 16 heavy (non-hydrogen) atoms. The van der Waals surface area contributed by atoms with E-state index >= 15 is 0 Å². The van der Waals surface area contributed by atoms with Gasteiger partial charge in [-0.15, -0.1) is 0 Å². The monoisotopic (exact) mass is 213 g/mol. The third-order valence-electron chi connectivity index (χ3n) is 3.36. The molecule has 82 valence electrons. The fourth-order valence-corrected chi connectivity index (χ4v) is 1.91. The summed E-state index contributed by atoms with van der Waals surface area (Å²) in [6.45, 7) is 2.24. The van der Waals surface area contributed by atoms with Crippen molar-refractivity contribution in [1.29, 1.82) is 0 Å². The number of para-hydroxylation sites is 1. The third kappa shape index (κ3) is 1.40. The van der Waals surface area contributed by atoms with E-state index in [9.17, 15) is 0 Å². The first-order chi connectivity index (χ1) is 7.69. The summed E-state index contributed by atoms with van der Waals surface area (Å²) in [7, 11) is 0. The van der Waals surface area contributed by atoms with Gasteiger partial charge in [-0.3, -0.25) is 0 Å². The highest BCUT2D eigenvalue weighted by atomic mass is 15.3. The normalized spacial score (nSPS) is 17.3. The van der Waals surface area contributed by atoms with Gasteiger partial charge in [0.05, 0.1) is 11.4 Å². The molecule has 0 amide bonds. The van der Waals surface area contributed by atoms with Gasteiger partial charge in [0.2, 0.25) is 0 Å². The average Bonchev–Trinajstić information content (AvgIpc) is 2.92. The van der Waals surface area contributed by atoms with Gasteiger partial charge in [0.15, 0.2) is 0 Å². The first-order valence-electron chi connectivity index (χ1n) is 5.60. The minimum Gasteiger partial charge on any atom is -0.384 e. The molecule has 1 aliphatic carbocycles. The Morgan fingerprint density at radius 1 is 1.25 bits per heavy atom. The molecule has 3 heteroatoms. The van der Waals surface area contributed by atoms with Gasteiger partial charge in [-0.25, -0.2) is 4.68 Å². The predicted molar refractivity (Wildman–Crippen MR) is 64.6 cm³/mol. The molecule has 2 N–H and O–H groups in total. The number of nitrogens with two attached hydrogens (primary N) is 1. The van der Waals surface area contributed by atoms with E-state index in [1.165, 1.54) is 12.8 Å². The van der Waals surface area contributed by atoms with Crippen LogP contribution in [-0.4, -0.2) is 9.78 Å². The number of hydrogen-bond donors (Lipinski definition) is 1. The molecule has 0 saturated heterocycles. The number of anilines is 1. The van der Waals surface area contributed by atoms with Crippen molar-refractivity contribution in [2.45, 2.75) is 25.2 Å². The zero-order chi connectivity index (χ0) is 11.2. The van der Waals surface area contributed by atoms with Crippen molar-refractivity contribution in [3.8, 4) is 5.69 Å². The molecule has 0 unspecified atom stereocenters. The van der Waals surface area contributed by atoms with E-state index in [1.54, 1.807) is 0 Å². The highest BCUT2D eigenvalue weighted by Crippen LogP contribution is 2.47. The van der Waals surface area contributed by atoms with E-state index in [0.29, 0.717) is 5.82 Å². The van der Waals surface area contributed by atoms with Crippen LogP contribution in [0, 0.1) is 0 Å². The Hall–Kier alpha value is -1.77. The molecular weight excluding hydrogens is 198 g/mol. The maximum absolute atomic E-state index is 6.00. The van der Waals surface area contributed by atoms with Crippen LogP contribution in [0.15, 0.2) is 36.4 Å². The molecular formula is C13H15N3. The van der Waals surface area contributed by atoms with Gasteiger partial charge in [-0.2, -0.15) is 5.10 Å². The van der Waals surface area contributed by atoms with Crippen LogP contribution < -0.4 is 5.73 Å². The first kappa shape index (κ1) is 9.46. The topological polar surface area (TPSA) is 43.8 Å². The SMILES string of the molecule is CC1(c2cc(N)n(-c3ccccc3)n2)CC1. The van der Waals surface area contributed by atoms with Gasteiger partial charge < -0.3 is 5.73 Å². The number of nitrogens with zero attached hydrogens (tertiary/aromatic N) is 2. The summed E-state index contributed by atoms with van der Waals surface area (Å²) in [5.74, 6) is 0.717. The third-order valence-corrected chi connectivity index (χ3v) is 3.36. The van der Waals surface area contributed by atoms with Crippen molar-refractivity contribution in [3.63, 3.8) is 0 Å². The molecule has 0 radical (unpaired) electrons. The Kier molecular flexibility index (Phi) is 1.84. The van der Waals surface area contributed by atoms with Crippen LogP contribution in [-0.2, 0) is 5.41 Å². The van der Waals surface area contributed by atoms with E-state index in [1.807, 2.05) is 41.1 Å². The lowest BCUT2D eigenvalue weighted by molar-refractivity contribution is 0.718. The minimum atomic E-state index is 0.272.